The number of rotatable bonds is 11. The number of amides is 5. The van der Waals surface area contributed by atoms with Gasteiger partial charge in [0.05, 0.1) is 24.9 Å². The van der Waals surface area contributed by atoms with Crippen LogP contribution < -0.4 is 10.6 Å². The van der Waals surface area contributed by atoms with E-state index >= 15 is 0 Å². The van der Waals surface area contributed by atoms with Gasteiger partial charge in [0.1, 0.15) is 6.54 Å². The number of likely N-dealkylation sites (tertiary alicyclic amines) is 1. The first kappa shape index (κ1) is 50.8. The van der Waals surface area contributed by atoms with Gasteiger partial charge in [0.25, 0.3) is 5.91 Å². The number of carbonyl (C=O) groups excluding carboxylic acids is 5. The number of halogens is 17. The quantitative estimate of drug-likeness (QED) is 0.104. The minimum absolute atomic E-state index is 0.0529. The summed E-state index contributed by atoms with van der Waals surface area (Å²) >= 11 is 0. The van der Waals surface area contributed by atoms with E-state index in [-0.39, 0.29) is 43.5 Å². The number of imide groups is 1. The van der Waals surface area contributed by atoms with Gasteiger partial charge in [-0.15, -0.1) is 0 Å². The number of fused-ring (bicyclic) bond motifs is 5. The molecule has 2 heterocycles. The van der Waals surface area contributed by atoms with Crippen molar-refractivity contribution in [1.82, 2.24) is 20.4 Å². The topological polar surface area (TPSA) is 125 Å². The normalized spacial score (nSPS) is 22.1. The summed E-state index contributed by atoms with van der Waals surface area (Å²) < 4.78 is 237. The summed E-state index contributed by atoms with van der Waals surface area (Å²) in [4.78, 5) is 66.7. The largest absolute Gasteiger partial charge is 0.464 e. The van der Waals surface area contributed by atoms with Crippen LogP contribution in [0.25, 0.3) is 0 Å². The SMILES string of the molecule is CN1C(=O)[C@H]2[C@H](CC3=C[C@H]2CCCCNC(=O)NCCc2cccc(c2)C(=O)N(CC(=O)OCCC(F)(F)C(F)(F)C(F)(F)C(F)(F)C(F)(F)C(F)(F)C(F)(F)C(F)(F)F)C3)C1=O. The van der Waals surface area contributed by atoms with E-state index < -0.39 is 121 Å². The standard InChI is InChI=1S/C36H35F17N4O6/c1-56-26(60)22-15-19-14-20(24(22)27(56)61)6-2-3-10-54-28(62)55-11-8-18-5-4-7-21(13-18)25(59)57(16-19)17-23(58)63-12-9-29(37,38)30(39,40)31(41,42)32(43,44)33(45,46)34(47,48)35(49,50)36(51,52)53/h4-5,7,13-14,20,22,24H,2-3,6,8-12,15-17H2,1H3,(H2,54,55,62)/t20-,22+,24-/m1/s1. The van der Waals surface area contributed by atoms with Gasteiger partial charge in [-0.05, 0) is 49.3 Å². The molecule has 1 saturated heterocycles. The Kier molecular flexibility index (Phi) is 14.2. The molecule has 4 rings (SSSR count). The minimum Gasteiger partial charge on any atom is -0.464 e. The van der Waals surface area contributed by atoms with Crippen LogP contribution in [0, 0.1) is 17.8 Å². The number of hydrogen-bond acceptors (Lipinski definition) is 6. The summed E-state index contributed by atoms with van der Waals surface area (Å²) in [6.07, 6.45) is -8.31. The Morgan fingerprint density at radius 3 is 1.92 bits per heavy atom. The molecule has 0 radical (unpaired) electrons. The number of allylic oxidation sites excluding steroid dienone is 1. The van der Waals surface area contributed by atoms with Crippen molar-refractivity contribution in [3.8, 4) is 0 Å². The molecule has 1 aliphatic carbocycles. The van der Waals surface area contributed by atoms with Crippen LogP contribution in [0.3, 0.4) is 0 Å². The van der Waals surface area contributed by atoms with Gasteiger partial charge in [0.15, 0.2) is 0 Å². The lowest BCUT2D eigenvalue weighted by Crippen LogP contribution is -2.74. The lowest BCUT2D eigenvalue weighted by Gasteiger charge is -2.42. The average Bonchev–Trinajstić information content (AvgIpc) is 3.39. The number of nitrogens with one attached hydrogen (secondary N) is 2. The van der Waals surface area contributed by atoms with Gasteiger partial charge >= 0.3 is 59.6 Å². The van der Waals surface area contributed by atoms with Crippen molar-refractivity contribution < 1.29 is 103 Å². The van der Waals surface area contributed by atoms with Crippen LogP contribution in [0.5, 0.6) is 0 Å². The zero-order valence-electron chi connectivity index (χ0n) is 32.2. The summed E-state index contributed by atoms with van der Waals surface area (Å²) in [6, 6.07) is 4.90. The smallest absolute Gasteiger partial charge is 0.460 e. The highest BCUT2D eigenvalue weighted by Gasteiger charge is 2.95. The Labute approximate surface area is 344 Å². The summed E-state index contributed by atoms with van der Waals surface area (Å²) in [5, 5.41) is 5.25. The van der Waals surface area contributed by atoms with Crippen LogP contribution in [0.4, 0.5) is 79.4 Å². The van der Waals surface area contributed by atoms with E-state index in [0.29, 0.717) is 23.3 Å². The molecule has 0 saturated carbocycles. The highest BCUT2D eigenvalue weighted by molar-refractivity contribution is 6.05. The van der Waals surface area contributed by atoms with E-state index in [1.807, 2.05) is 0 Å². The summed E-state index contributed by atoms with van der Waals surface area (Å²) in [7, 11) is 1.24. The predicted molar refractivity (Wildman–Crippen MR) is 179 cm³/mol. The van der Waals surface area contributed by atoms with Gasteiger partial charge in [0.2, 0.25) is 11.8 Å². The maximum Gasteiger partial charge on any atom is 0.460 e. The first-order valence-corrected chi connectivity index (χ1v) is 18.5. The van der Waals surface area contributed by atoms with Crippen molar-refractivity contribution in [2.75, 3.05) is 39.8 Å². The molecule has 1 fully saturated rings. The Bertz CT molecular complexity index is 1960. The molecule has 3 atom stereocenters. The zero-order chi connectivity index (χ0) is 47.9. The fourth-order valence-electron chi connectivity index (χ4n) is 7.16. The first-order chi connectivity index (χ1) is 28.7. The molecule has 1 aromatic rings. The number of hydrogen-bond donors (Lipinski definition) is 2. The maximum atomic E-state index is 14.5. The Balaban J connectivity index is 1.59. The molecular weight excluding hydrogens is 907 g/mol. The zero-order valence-corrected chi connectivity index (χ0v) is 32.2. The molecule has 2 N–H and O–H groups in total. The number of carbonyl (C=O) groups is 5. The van der Waals surface area contributed by atoms with Gasteiger partial charge in [-0.2, -0.15) is 74.6 Å². The molecule has 1 aromatic carbocycles. The van der Waals surface area contributed by atoms with E-state index in [2.05, 4.69) is 15.4 Å². The Morgan fingerprint density at radius 2 is 1.32 bits per heavy atom. The van der Waals surface area contributed by atoms with Crippen molar-refractivity contribution in [2.45, 2.75) is 86.2 Å². The van der Waals surface area contributed by atoms with Crippen molar-refractivity contribution in [3.63, 3.8) is 0 Å². The van der Waals surface area contributed by atoms with Gasteiger partial charge in [-0.25, -0.2) is 4.79 Å². The lowest BCUT2D eigenvalue weighted by molar-refractivity contribution is -0.461. The third-order valence-electron chi connectivity index (χ3n) is 10.7. The number of benzene rings is 1. The molecule has 0 spiro atoms. The van der Waals surface area contributed by atoms with Crippen molar-refractivity contribution in [2.24, 2.45) is 17.8 Å². The van der Waals surface area contributed by atoms with Gasteiger partial charge < -0.3 is 20.3 Å². The predicted octanol–water partition coefficient (Wildman–Crippen LogP) is 7.27. The fraction of sp³-hybridized carbons (Fsp3) is 0.639. The third kappa shape index (κ3) is 9.23. The second-order valence-corrected chi connectivity index (χ2v) is 15.0. The number of esters is 1. The van der Waals surface area contributed by atoms with Crippen molar-refractivity contribution in [1.29, 1.82) is 0 Å². The van der Waals surface area contributed by atoms with E-state index in [0.717, 1.165) is 4.90 Å². The van der Waals surface area contributed by atoms with Crippen LogP contribution in [-0.4, -0.2) is 127 Å². The molecule has 2 aliphatic heterocycles. The van der Waals surface area contributed by atoms with Crippen LogP contribution in [0.2, 0.25) is 0 Å². The van der Waals surface area contributed by atoms with E-state index in [9.17, 15) is 98.6 Å². The third-order valence-corrected chi connectivity index (χ3v) is 10.7. The molecular formula is C36H35F17N4O6. The number of urea groups is 1. The van der Waals surface area contributed by atoms with E-state index in [1.54, 1.807) is 6.08 Å². The van der Waals surface area contributed by atoms with Crippen LogP contribution in [0.1, 0.15) is 48.0 Å². The first-order valence-electron chi connectivity index (χ1n) is 18.5. The number of alkyl halides is 17. The fourth-order valence-corrected chi connectivity index (χ4v) is 7.16. The van der Waals surface area contributed by atoms with Crippen molar-refractivity contribution in [3.05, 3.63) is 47.0 Å². The minimum atomic E-state index is -8.79. The Morgan fingerprint density at radius 1 is 0.746 bits per heavy atom. The molecule has 0 aromatic heterocycles. The summed E-state index contributed by atoms with van der Waals surface area (Å²) in [6.45, 7) is -3.81. The van der Waals surface area contributed by atoms with E-state index in [1.165, 1.54) is 31.3 Å². The summed E-state index contributed by atoms with van der Waals surface area (Å²) in [5.41, 5.74) is 0.523. The highest BCUT2D eigenvalue weighted by atomic mass is 19.4. The van der Waals surface area contributed by atoms with Gasteiger partial charge in [0, 0.05) is 32.2 Å². The maximum absolute atomic E-state index is 14.5. The van der Waals surface area contributed by atoms with Crippen LogP contribution in [0.15, 0.2) is 35.9 Å². The number of ether oxygens (including phenoxy) is 1. The van der Waals surface area contributed by atoms with E-state index in [4.69, 9.17) is 0 Å². The van der Waals surface area contributed by atoms with Crippen molar-refractivity contribution >= 4 is 29.7 Å². The molecule has 10 nitrogen and oxygen atoms in total. The van der Waals surface area contributed by atoms with Crippen LogP contribution in [-0.2, 0) is 25.5 Å². The molecule has 5 amide bonds. The average molecular weight is 943 g/mol. The Hall–Kier alpha value is -4.88. The monoisotopic (exact) mass is 942 g/mol. The van der Waals surface area contributed by atoms with Gasteiger partial charge in [-0.3, -0.25) is 24.1 Å². The van der Waals surface area contributed by atoms with Gasteiger partial charge in [-0.1, -0.05) is 30.2 Å². The lowest BCUT2D eigenvalue weighted by atomic mass is 9.72. The molecule has 354 valence electrons. The molecule has 4 bridgehead atoms. The molecule has 27 heteroatoms. The van der Waals surface area contributed by atoms with Crippen LogP contribution >= 0.6 is 0 Å². The molecule has 63 heavy (non-hydrogen) atoms. The highest BCUT2D eigenvalue weighted by Crippen LogP contribution is 2.64. The molecule has 3 aliphatic rings. The second kappa shape index (κ2) is 17.6. The summed E-state index contributed by atoms with van der Waals surface area (Å²) in [5.74, 6) is -64.2. The second-order valence-electron chi connectivity index (χ2n) is 15.0. The number of nitrogens with zero attached hydrogens (tertiary/aromatic N) is 2. The molecule has 0 unspecified atom stereocenters.